The van der Waals surface area contributed by atoms with Crippen molar-refractivity contribution in [2.75, 3.05) is 5.75 Å². The van der Waals surface area contributed by atoms with Crippen molar-refractivity contribution in [2.45, 2.75) is 43.4 Å². The Kier molecular flexibility index (Phi) is 5.25. The molecule has 0 bridgehead atoms. The van der Waals surface area contributed by atoms with Crippen molar-refractivity contribution in [2.24, 2.45) is 22.4 Å². The largest absolute Gasteiger partial charge is 0.386 e. The molecule has 0 aromatic carbocycles. The van der Waals surface area contributed by atoms with E-state index in [2.05, 4.69) is 36.9 Å². The van der Waals surface area contributed by atoms with Gasteiger partial charge in [0, 0.05) is 35.5 Å². The molecule has 4 N–H and O–H groups in total. The van der Waals surface area contributed by atoms with E-state index in [1.54, 1.807) is 26.1 Å². The summed E-state index contributed by atoms with van der Waals surface area (Å²) in [6, 6.07) is 5.61. The van der Waals surface area contributed by atoms with Crippen LogP contribution in [0.15, 0.2) is 35.8 Å². The smallest absolute Gasteiger partial charge is 0.165 e. The highest BCUT2D eigenvalue weighted by molar-refractivity contribution is 7.93. The predicted molar refractivity (Wildman–Crippen MR) is 129 cm³/mol. The fourth-order valence-electron chi connectivity index (χ4n) is 4.76. The Morgan fingerprint density at radius 3 is 2.60 bits per heavy atom. The molecule has 1 aliphatic heterocycles. The van der Waals surface area contributed by atoms with Crippen LogP contribution < -0.4 is 11.5 Å². The molecule has 0 spiro atoms. The molecule has 3 aromatic heterocycles. The number of pyridine rings is 2. The average Bonchev–Trinajstić information content (AvgIpc) is 3.64. The third-order valence-electron chi connectivity index (χ3n) is 6.96. The van der Waals surface area contributed by atoms with Crippen molar-refractivity contribution in [1.29, 1.82) is 0 Å². The highest BCUT2D eigenvalue weighted by Crippen LogP contribution is 2.49. The lowest BCUT2D eigenvalue weighted by Crippen LogP contribution is -2.58. The van der Waals surface area contributed by atoms with E-state index in [9.17, 15) is 8.42 Å². The van der Waals surface area contributed by atoms with Gasteiger partial charge in [0.2, 0.25) is 0 Å². The summed E-state index contributed by atoms with van der Waals surface area (Å²) in [5.41, 5.74) is 13.1. The van der Waals surface area contributed by atoms with Crippen LogP contribution in [0.25, 0.3) is 11.0 Å². The van der Waals surface area contributed by atoms with Gasteiger partial charge in [-0.2, -0.15) is 0 Å². The van der Waals surface area contributed by atoms with Crippen molar-refractivity contribution in [3.8, 4) is 12.0 Å². The molecular formula is C24H24FN7O2S. The summed E-state index contributed by atoms with van der Waals surface area (Å²) in [5, 5.41) is 0. The molecule has 0 unspecified atom stereocenters. The SMILES string of the molecule is C[C@@]1(c2cc(Cc3ncnc4cc(C#CN)cnc34)ncc2F)CS(=O)(=O)[C@@](C)(C2CC2)C(N)=N1. The quantitative estimate of drug-likeness (QED) is 0.411. The van der Waals surface area contributed by atoms with Crippen LogP contribution in [0.4, 0.5) is 4.39 Å². The van der Waals surface area contributed by atoms with Gasteiger partial charge in [0.1, 0.15) is 33.8 Å². The minimum atomic E-state index is -3.68. The van der Waals surface area contributed by atoms with Crippen LogP contribution in [-0.4, -0.2) is 44.7 Å². The first-order valence-electron chi connectivity index (χ1n) is 11.1. The Bertz CT molecular complexity index is 1560. The molecule has 1 saturated carbocycles. The maximum atomic E-state index is 15.0. The van der Waals surface area contributed by atoms with Crippen molar-refractivity contribution < 1.29 is 12.8 Å². The van der Waals surface area contributed by atoms with Crippen LogP contribution in [0.5, 0.6) is 0 Å². The van der Waals surface area contributed by atoms with E-state index < -0.39 is 25.9 Å². The van der Waals surface area contributed by atoms with Gasteiger partial charge in [0.25, 0.3) is 0 Å². The standard InChI is InChI=1S/C24H24FN7O2S/c1-23(12-35(33,34)24(2,15-3-4-15)22(27)32-23)17-8-16(28-11-18(17)25)9-20-21-19(30-13-31-20)7-14(5-6-26)10-29-21/h7-8,10-11,13,15H,3-4,9,12,26H2,1-2H3,(H2,27,32)/t23-,24-/m0/s1. The topological polar surface area (TPSA) is 150 Å². The number of sulfone groups is 1. The van der Waals surface area contributed by atoms with Gasteiger partial charge in [-0.25, -0.2) is 22.8 Å². The first-order chi connectivity index (χ1) is 16.6. The zero-order valence-electron chi connectivity index (χ0n) is 19.3. The number of rotatable bonds is 4. The summed E-state index contributed by atoms with van der Waals surface area (Å²) in [6.07, 6.45) is 5.86. The summed E-state index contributed by atoms with van der Waals surface area (Å²) >= 11 is 0. The van der Waals surface area contributed by atoms with E-state index >= 15 is 4.39 Å². The van der Waals surface area contributed by atoms with Crippen molar-refractivity contribution in [3.63, 3.8) is 0 Å². The Balaban J connectivity index is 1.54. The molecule has 35 heavy (non-hydrogen) atoms. The molecule has 0 amide bonds. The minimum absolute atomic E-state index is 0.0360. The van der Waals surface area contributed by atoms with Crippen LogP contribution in [-0.2, 0) is 21.8 Å². The summed E-state index contributed by atoms with van der Waals surface area (Å²) in [7, 11) is -3.68. The molecule has 3 aromatic rings. The molecule has 9 nitrogen and oxygen atoms in total. The number of halogens is 1. The maximum Gasteiger partial charge on any atom is 0.165 e. The molecule has 2 atom stereocenters. The number of hydrogen-bond donors (Lipinski definition) is 2. The summed E-state index contributed by atoms with van der Waals surface area (Å²) in [4.78, 5) is 21.7. The number of amidine groups is 1. The van der Waals surface area contributed by atoms with Crippen molar-refractivity contribution in [1.82, 2.24) is 19.9 Å². The Labute approximate surface area is 202 Å². The van der Waals surface area contributed by atoms with E-state index in [0.717, 1.165) is 19.0 Å². The minimum Gasteiger partial charge on any atom is -0.386 e. The van der Waals surface area contributed by atoms with Crippen LogP contribution in [0, 0.1) is 23.7 Å². The van der Waals surface area contributed by atoms with Gasteiger partial charge in [-0.15, -0.1) is 0 Å². The predicted octanol–water partition coefficient (Wildman–Crippen LogP) is 1.59. The number of nitrogens with two attached hydrogens (primary N) is 2. The molecule has 0 saturated heterocycles. The second-order valence-electron chi connectivity index (χ2n) is 9.42. The maximum absolute atomic E-state index is 15.0. The molecule has 4 heterocycles. The molecule has 0 radical (unpaired) electrons. The highest BCUT2D eigenvalue weighted by atomic mass is 32.2. The summed E-state index contributed by atoms with van der Waals surface area (Å²) in [5.74, 6) is 1.74. The molecule has 1 aliphatic carbocycles. The van der Waals surface area contributed by atoms with Crippen LogP contribution >= 0.6 is 0 Å². The normalized spacial score (nSPS) is 25.5. The second-order valence-corrected chi connectivity index (χ2v) is 11.8. The van der Waals surface area contributed by atoms with E-state index in [4.69, 9.17) is 11.5 Å². The lowest BCUT2D eigenvalue weighted by atomic mass is 9.92. The lowest BCUT2D eigenvalue weighted by molar-refractivity contribution is 0.461. The highest BCUT2D eigenvalue weighted by Gasteiger charge is 2.58. The first-order valence-corrected chi connectivity index (χ1v) is 12.8. The van der Waals surface area contributed by atoms with Gasteiger partial charge >= 0.3 is 0 Å². The molecule has 180 valence electrons. The van der Waals surface area contributed by atoms with Gasteiger partial charge in [0.15, 0.2) is 9.84 Å². The molecule has 11 heteroatoms. The van der Waals surface area contributed by atoms with Gasteiger partial charge in [-0.3, -0.25) is 15.0 Å². The fraction of sp³-hybridized carbons (Fsp3) is 0.375. The zero-order chi connectivity index (χ0) is 25.0. The Hall–Kier alpha value is -3.65. The van der Waals surface area contributed by atoms with Gasteiger partial charge < -0.3 is 11.5 Å². The third-order valence-corrected chi connectivity index (χ3v) is 9.73. The summed E-state index contributed by atoms with van der Waals surface area (Å²) in [6.45, 7) is 3.22. The number of hydrogen-bond acceptors (Lipinski definition) is 9. The number of aliphatic imine (C=N–C) groups is 1. The number of fused-ring (bicyclic) bond motifs is 1. The monoisotopic (exact) mass is 493 g/mol. The van der Waals surface area contributed by atoms with Crippen LogP contribution in [0.1, 0.15) is 49.2 Å². The molecule has 5 rings (SSSR count). The van der Waals surface area contributed by atoms with Gasteiger partial charge in [0.05, 0.1) is 23.2 Å². The van der Waals surface area contributed by atoms with Crippen molar-refractivity contribution >= 4 is 26.7 Å². The van der Waals surface area contributed by atoms with E-state index in [1.165, 1.54) is 12.4 Å². The van der Waals surface area contributed by atoms with Crippen molar-refractivity contribution in [3.05, 3.63) is 59.2 Å². The molecule has 2 aliphatic rings. The zero-order valence-corrected chi connectivity index (χ0v) is 20.1. The number of nitrogens with zero attached hydrogens (tertiary/aromatic N) is 5. The van der Waals surface area contributed by atoms with E-state index in [-0.39, 0.29) is 29.5 Å². The lowest BCUT2D eigenvalue weighted by Gasteiger charge is -2.40. The van der Waals surface area contributed by atoms with Gasteiger partial charge in [-0.1, -0.05) is 0 Å². The first kappa shape index (κ1) is 23.1. The van der Waals surface area contributed by atoms with E-state index in [1.807, 2.05) is 0 Å². The molecule has 1 fully saturated rings. The second kappa shape index (κ2) is 7.95. The average molecular weight is 494 g/mol. The Morgan fingerprint density at radius 1 is 1.14 bits per heavy atom. The van der Waals surface area contributed by atoms with E-state index in [0.29, 0.717) is 28.0 Å². The van der Waals surface area contributed by atoms with Gasteiger partial charge in [-0.05, 0) is 50.7 Å². The third kappa shape index (κ3) is 3.78. The van der Waals surface area contributed by atoms with Crippen LogP contribution in [0.3, 0.4) is 0 Å². The number of aromatic nitrogens is 4. The Morgan fingerprint density at radius 2 is 1.91 bits per heavy atom. The molecular weight excluding hydrogens is 469 g/mol. The van der Waals surface area contributed by atoms with Crippen LogP contribution in [0.2, 0.25) is 0 Å². The summed E-state index contributed by atoms with van der Waals surface area (Å²) < 4.78 is 40.5. The fourth-order valence-corrected chi connectivity index (χ4v) is 7.13.